The molecule has 11 heteroatoms. The molecular formula is C16H17N5O5S. The van der Waals surface area contributed by atoms with E-state index in [0.717, 1.165) is 0 Å². The number of carbonyl (C=O) groups is 1. The molecule has 0 radical (unpaired) electrons. The lowest BCUT2D eigenvalue weighted by Crippen LogP contribution is -2.38. The zero-order valence-electron chi connectivity index (χ0n) is 14.2. The minimum atomic E-state index is -3.42. The topological polar surface area (TPSA) is 134 Å². The largest absolute Gasteiger partial charge is 0.383 e. The van der Waals surface area contributed by atoms with Crippen molar-refractivity contribution in [3.63, 3.8) is 0 Å². The van der Waals surface area contributed by atoms with Crippen LogP contribution < -0.4 is 10.6 Å². The van der Waals surface area contributed by atoms with E-state index < -0.39 is 14.9 Å². The lowest BCUT2D eigenvalue weighted by Gasteiger charge is -2.26. The summed E-state index contributed by atoms with van der Waals surface area (Å²) >= 11 is 0. The van der Waals surface area contributed by atoms with Crippen LogP contribution in [0.2, 0.25) is 0 Å². The average Bonchev–Trinajstić information content (AvgIpc) is 2.64. The number of amidine groups is 1. The van der Waals surface area contributed by atoms with Crippen LogP contribution >= 0.6 is 0 Å². The van der Waals surface area contributed by atoms with Crippen molar-refractivity contribution in [2.75, 3.05) is 30.7 Å². The molecule has 2 aliphatic heterocycles. The van der Waals surface area contributed by atoms with Crippen molar-refractivity contribution in [1.29, 1.82) is 0 Å². The summed E-state index contributed by atoms with van der Waals surface area (Å²) in [5, 5.41) is 16.4. The Labute approximate surface area is 155 Å². The second-order valence-corrected chi connectivity index (χ2v) is 7.59. The van der Waals surface area contributed by atoms with E-state index in [2.05, 4.69) is 15.0 Å². The van der Waals surface area contributed by atoms with Crippen LogP contribution in [0.25, 0.3) is 0 Å². The van der Waals surface area contributed by atoms with E-state index >= 15 is 0 Å². The smallest absolute Gasteiger partial charge is 0.269 e. The number of hydrogen-bond acceptors (Lipinski definition) is 7. The van der Waals surface area contributed by atoms with E-state index in [-0.39, 0.29) is 23.9 Å². The van der Waals surface area contributed by atoms with Crippen molar-refractivity contribution in [3.05, 3.63) is 58.3 Å². The van der Waals surface area contributed by atoms with Gasteiger partial charge in [0.1, 0.15) is 5.84 Å². The highest BCUT2D eigenvalue weighted by molar-refractivity contribution is 7.90. The summed E-state index contributed by atoms with van der Waals surface area (Å²) < 4.78 is 26.6. The first-order chi connectivity index (χ1) is 12.8. The van der Waals surface area contributed by atoms with Crippen LogP contribution in [0.5, 0.6) is 0 Å². The second-order valence-electron chi connectivity index (χ2n) is 5.83. The molecule has 0 aromatic heterocycles. The molecule has 1 aromatic rings. The number of nitrogens with zero attached hydrogens (tertiary/aromatic N) is 3. The molecule has 10 nitrogen and oxygen atoms in total. The number of nitrogens with one attached hydrogen (secondary N) is 2. The second kappa shape index (κ2) is 7.58. The van der Waals surface area contributed by atoms with Crippen LogP contribution in [0, 0.1) is 10.1 Å². The molecule has 1 amide bonds. The van der Waals surface area contributed by atoms with Gasteiger partial charge in [-0.25, -0.2) is 8.42 Å². The fourth-order valence-corrected chi connectivity index (χ4v) is 3.49. The lowest BCUT2D eigenvalue weighted by molar-refractivity contribution is -0.384. The molecule has 27 heavy (non-hydrogen) atoms. The third-order valence-electron chi connectivity index (χ3n) is 3.90. The molecule has 1 aromatic carbocycles. The van der Waals surface area contributed by atoms with Crippen molar-refractivity contribution >= 4 is 33.1 Å². The van der Waals surface area contributed by atoms with Crippen molar-refractivity contribution in [3.8, 4) is 0 Å². The van der Waals surface area contributed by atoms with Gasteiger partial charge in [0.15, 0.2) is 0 Å². The predicted octanol–water partition coefficient (Wildman–Crippen LogP) is 0.621. The summed E-state index contributed by atoms with van der Waals surface area (Å²) in [6.45, 7) is 1.04. The third kappa shape index (κ3) is 4.70. The number of hydrogen-bond donors (Lipinski definition) is 2. The summed E-state index contributed by atoms with van der Waals surface area (Å²) in [6.07, 6.45) is 4.60. The zero-order chi connectivity index (χ0) is 19.4. The molecule has 0 unspecified atom stereocenters. The Morgan fingerprint density at radius 2 is 1.96 bits per heavy atom. The van der Waals surface area contributed by atoms with Gasteiger partial charge in [-0.2, -0.15) is 0 Å². The molecule has 2 aliphatic rings. The van der Waals surface area contributed by atoms with Crippen molar-refractivity contribution in [1.82, 2.24) is 10.2 Å². The molecule has 0 bridgehead atoms. The van der Waals surface area contributed by atoms with E-state index in [0.29, 0.717) is 30.2 Å². The summed E-state index contributed by atoms with van der Waals surface area (Å²) in [5.74, 6) is -0.0728. The number of fused-ring (bicyclic) bond motifs is 1. The quantitative estimate of drug-likeness (QED) is 0.412. The van der Waals surface area contributed by atoms with Gasteiger partial charge in [-0.15, -0.1) is 4.40 Å². The number of nitro benzene ring substituents is 1. The van der Waals surface area contributed by atoms with Gasteiger partial charge >= 0.3 is 0 Å². The van der Waals surface area contributed by atoms with Crippen LogP contribution in [0.1, 0.15) is 0 Å². The Hall–Kier alpha value is -3.21. The predicted molar refractivity (Wildman–Crippen MR) is 99.7 cm³/mol. The standard InChI is InChI=1S/C16H17N5O5S/c22-16(12-1-6-15-19-27(25,26)10-9-20(15)11-12)18-8-7-17-13-2-4-14(5-3-13)21(23)24/h1-6,11,17H,7-10H2,(H,18,22). The lowest BCUT2D eigenvalue weighted by atomic mass is 10.2. The van der Waals surface area contributed by atoms with Gasteiger partial charge in [0.25, 0.3) is 21.6 Å². The summed E-state index contributed by atoms with van der Waals surface area (Å²) in [7, 11) is -3.42. The maximum absolute atomic E-state index is 12.2. The molecule has 2 heterocycles. The van der Waals surface area contributed by atoms with Gasteiger partial charge < -0.3 is 15.5 Å². The van der Waals surface area contributed by atoms with Gasteiger partial charge in [0.2, 0.25) is 0 Å². The maximum Gasteiger partial charge on any atom is 0.269 e. The number of rotatable bonds is 6. The van der Waals surface area contributed by atoms with E-state index in [4.69, 9.17) is 0 Å². The van der Waals surface area contributed by atoms with Gasteiger partial charge in [-0.1, -0.05) is 0 Å². The fourth-order valence-electron chi connectivity index (χ4n) is 2.52. The average molecular weight is 391 g/mol. The number of anilines is 1. The van der Waals surface area contributed by atoms with E-state index in [1.54, 1.807) is 23.2 Å². The van der Waals surface area contributed by atoms with Gasteiger partial charge in [-0.3, -0.25) is 14.9 Å². The third-order valence-corrected chi connectivity index (χ3v) is 5.07. The molecule has 142 valence electrons. The summed E-state index contributed by atoms with van der Waals surface area (Å²) in [4.78, 5) is 24.0. The van der Waals surface area contributed by atoms with Gasteiger partial charge in [0.05, 0.1) is 16.2 Å². The minimum absolute atomic E-state index is 0.0123. The molecule has 3 rings (SSSR count). The van der Waals surface area contributed by atoms with Crippen LogP contribution in [-0.2, 0) is 14.8 Å². The number of sulfonamides is 1. The highest BCUT2D eigenvalue weighted by atomic mass is 32.2. The Balaban J connectivity index is 1.48. The Bertz CT molecular complexity index is 950. The molecule has 2 N–H and O–H groups in total. The highest BCUT2D eigenvalue weighted by Gasteiger charge is 2.24. The highest BCUT2D eigenvalue weighted by Crippen LogP contribution is 2.16. The van der Waals surface area contributed by atoms with Crippen LogP contribution in [-0.4, -0.2) is 55.4 Å². The Kier molecular flexibility index (Phi) is 5.21. The number of nitro groups is 1. The Morgan fingerprint density at radius 1 is 1.22 bits per heavy atom. The minimum Gasteiger partial charge on any atom is -0.383 e. The fraction of sp³-hybridized carbons (Fsp3) is 0.250. The van der Waals surface area contributed by atoms with Gasteiger partial charge in [-0.05, 0) is 24.3 Å². The molecule has 0 atom stereocenters. The normalized spacial score (nSPS) is 17.4. The first-order valence-electron chi connectivity index (χ1n) is 8.10. The van der Waals surface area contributed by atoms with Crippen molar-refractivity contribution in [2.45, 2.75) is 0 Å². The molecule has 0 spiro atoms. The molecule has 0 saturated heterocycles. The number of non-ortho nitro benzene ring substituents is 1. The van der Waals surface area contributed by atoms with Gasteiger partial charge in [0, 0.05) is 43.7 Å². The van der Waals surface area contributed by atoms with Crippen LogP contribution in [0.3, 0.4) is 0 Å². The Morgan fingerprint density at radius 3 is 2.67 bits per heavy atom. The van der Waals surface area contributed by atoms with Crippen molar-refractivity contribution in [2.24, 2.45) is 4.40 Å². The zero-order valence-corrected chi connectivity index (χ0v) is 15.0. The first kappa shape index (κ1) is 18.6. The number of amides is 1. The van der Waals surface area contributed by atoms with Crippen LogP contribution in [0.4, 0.5) is 11.4 Å². The first-order valence-corrected chi connectivity index (χ1v) is 9.71. The SMILES string of the molecule is O=C(NCCNc1ccc([N+](=O)[O-])cc1)C1=CN2CCS(=O)(=O)N=C2C=C1. The molecule has 0 saturated carbocycles. The number of benzene rings is 1. The molecular weight excluding hydrogens is 374 g/mol. The summed E-state index contributed by atoms with van der Waals surface area (Å²) in [5.41, 5.74) is 1.13. The van der Waals surface area contributed by atoms with E-state index in [1.165, 1.54) is 24.3 Å². The summed E-state index contributed by atoms with van der Waals surface area (Å²) in [6, 6.07) is 5.99. The maximum atomic E-state index is 12.2. The van der Waals surface area contributed by atoms with E-state index in [9.17, 15) is 23.3 Å². The van der Waals surface area contributed by atoms with Crippen LogP contribution in [0.15, 0.2) is 52.6 Å². The van der Waals surface area contributed by atoms with E-state index in [1.807, 2.05) is 0 Å². The molecule has 0 fully saturated rings. The number of carbonyl (C=O) groups excluding carboxylic acids is 1. The van der Waals surface area contributed by atoms with Crippen molar-refractivity contribution < 1.29 is 18.1 Å². The molecule has 0 aliphatic carbocycles. The monoisotopic (exact) mass is 391 g/mol.